The minimum atomic E-state index is -3.93. The topological polar surface area (TPSA) is 90.9 Å². The van der Waals surface area contributed by atoms with Crippen molar-refractivity contribution in [3.8, 4) is 0 Å². The van der Waals surface area contributed by atoms with Crippen LogP contribution in [0, 0.1) is 6.92 Å². The molecule has 7 nitrogen and oxygen atoms in total. The number of sulfonamides is 1. The van der Waals surface area contributed by atoms with Gasteiger partial charge in [-0.1, -0.05) is 4.89 Å². The highest BCUT2D eigenvalue weighted by Crippen LogP contribution is 2.27. The van der Waals surface area contributed by atoms with E-state index in [1.165, 1.54) is 14.2 Å². The van der Waals surface area contributed by atoms with E-state index in [1.54, 1.807) is 12.3 Å². The van der Waals surface area contributed by atoms with E-state index in [2.05, 4.69) is 4.74 Å². The molecule has 0 aliphatic heterocycles. The highest BCUT2D eigenvalue weighted by molar-refractivity contribution is 7.89. The van der Waals surface area contributed by atoms with Gasteiger partial charge in [0.05, 0.1) is 20.3 Å². The van der Waals surface area contributed by atoms with Crippen LogP contribution in [-0.2, 0) is 24.3 Å². The highest BCUT2D eigenvalue weighted by atomic mass is 32.2. The van der Waals surface area contributed by atoms with Crippen molar-refractivity contribution in [2.45, 2.75) is 11.8 Å². The Morgan fingerprint density at radius 3 is 2.63 bits per heavy atom. The van der Waals surface area contributed by atoms with Crippen molar-refractivity contribution in [3.05, 3.63) is 15.8 Å². The Balaban J connectivity index is 2.94. The third-order valence-electron chi connectivity index (χ3n) is 2.12. The quantitative estimate of drug-likeness (QED) is 0.453. The molecule has 19 heavy (non-hydrogen) atoms. The molecule has 0 spiro atoms. The first-order valence-corrected chi connectivity index (χ1v) is 7.59. The number of hydrogen-bond acceptors (Lipinski definition) is 7. The van der Waals surface area contributed by atoms with E-state index in [0.29, 0.717) is 5.56 Å². The highest BCUT2D eigenvalue weighted by Gasteiger charge is 2.27. The number of hydrogen-bond donors (Lipinski definition) is 1. The molecule has 1 N–H and O–H groups in total. The molecule has 1 aromatic heterocycles. The SMILES string of the molecule is COCCONS(=O)(=O)c1c(C)csc1C(=O)OC. The van der Waals surface area contributed by atoms with Gasteiger partial charge in [-0.15, -0.1) is 11.3 Å². The molecule has 0 unspecified atom stereocenters. The lowest BCUT2D eigenvalue weighted by Gasteiger charge is -2.08. The molecule has 9 heteroatoms. The number of carbonyl (C=O) groups is 1. The third kappa shape index (κ3) is 3.98. The van der Waals surface area contributed by atoms with Gasteiger partial charge in [0, 0.05) is 7.11 Å². The fourth-order valence-corrected chi connectivity index (χ4v) is 3.83. The first-order chi connectivity index (χ1) is 8.94. The second kappa shape index (κ2) is 6.96. The third-order valence-corrected chi connectivity index (χ3v) is 4.72. The van der Waals surface area contributed by atoms with Crippen molar-refractivity contribution in [2.75, 3.05) is 27.4 Å². The number of rotatable bonds is 7. The first-order valence-electron chi connectivity index (χ1n) is 5.23. The number of ether oxygens (including phenoxy) is 2. The predicted molar refractivity (Wildman–Crippen MR) is 68.5 cm³/mol. The van der Waals surface area contributed by atoms with E-state index in [1.807, 2.05) is 4.89 Å². The standard InChI is InChI=1S/C10H15NO6S2/c1-7-6-18-8(10(12)16-3)9(7)19(13,14)11-17-5-4-15-2/h6,11H,4-5H2,1-3H3. The van der Waals surface area contributed by atoms with Crippen molar-refractivity contribution < 1.29 is 27.5 Å². The maximum atomic E-state index is 12.0. The van der Waals surface area contributed by atoms with E-state index in [4.69, 9.17) is 9.57 Å². The molecule has 0 aliphatic rings. The number of carbonyl (C=O) groups excluding carboxylic acids is 1. The Hall–Kier alpha value is -1.00. The van der Waals surface area contributed by atoms with Crippen LogP contribution in [0.2, 0.25) is 0 Å². The van der Waals surface area contributed by atoms with Gasteiger partial charge >= 0.3 is 5.97 Å². The van der Waals surface area contributed by atoms with Crippen molar-refractivity contribution >= 4 is 27.3 Å². The second-order valence-corrected chi connectivity index (χ2v) is 5.96. The Morgan fingerprint density at radius 2 is 2.05 bits per heavy atom. The summed E-state index contributed by atoms with van der Waals surface area (Å²) < 4.78 is 33.3. The summed E-state index contributed by atoms with van der Waals surface area (Å²) in [6.07, 6.45) is 0. The summed E-state index contributed by atoms with van der Waals surface area (Å²) in [6.45, 7) is 1.90. The molecule has 0 amide bonds. The van der Waals surface area contributed by atoms with Gasteiger partial charge in [0.2, 0.25) is 0 Å². The van der Waals surface area contributed by atoms with Gasteiger partial charge in [-0.2, -0.15) is 0 Å². The summed E-state index contributed by atoms with van der Waals surface area (Å²) in [5.74, 6) is -0.699. The van der Waals surface area contributed by atoms with Gasteiger partial charge in [0.15, 0.2) is 0 Å². The Kier molecular flexibility index (Phi) is 5.88. The second-order valence-electron chi connectivity index (χ2n) is 3.50. The fourth-order valence-electron chi connectivity index (χ4n) is 1.29. The van der Waals surface area contributed by atoms with Crippen molar-refractivity contribution in [3.63, 3.8) is 0 Å². The van der Waals surface area contributed by atoms with Crippen molar-refractivity contribution in [2.24, 2.45) is 0 Å². The van der Waals surface area contributed by atoms with Crippen LogP contribution >= 0.6 is 11.3 Å². The molecule has 0 saturated carbocycles. The fraction of sp³-hybridized carbons (Fsp3) is 0.500. The predicted octanol–water partition coefficient (Wildman–Crippen LogP) is 0.699. The molecule has 0 aliphatic carbocycles. The van der Waals surface area contributed by atoms with Crippen LogP contribution in [0.15, 0.2) is 10.3 Å². The van der Waals surface area contributed by atoms with Crippen LogP contribution in [0.3, 0.4) is 0 Å². The average Bonchev–Trinajstić information content (AvgIpc) is 2.76. The summed E-state index contributed by atoms with van der Waals surface area (Å²) in [5, 5.41) is 1.57. The van der Waals surface area contributed by atoms with E-state index in [9.17, 15) is 13.2 Å². The van der Waals surface area contributed by atoms with Gasteiger partial charge in [0.25, 0.3) is 10.0 Å². The Morgan fingerprint density at radius 1 is 1.37 bits per heavy atom. The van der Waals surface area contributed by atoms with E-state index in [-0.39, 0.29) is 23.0 Å². The minimum Gasteiger partial charge on any atom is -0.465 e. The molecule has 0 bridgehead atoms. The molecule has 0 saturated heterocycles. The van der Waals surface area contributed by atoms with Gasteiger partial charge in [-0.05, 0) is 17.9 Å². The number of esters is 1. The zero-order valence-corrected chi connectivity index (χ0v) is 12.4. The van der Waals surface area contributed by atoms with E-state index in [0.717, 1.165) is 11.3 Å². The smallest absolute Gasteiger partial charge is 0.349 e. The number of aryl methyl sites for hydroxylation is 1. The molecule has 0 atom stereocenters. The van der Waals surface area contributed by atoms with Crippen LogP contribution in [0.1, 0.15) is 15.2 Å². The van der Waals surface area contributed by atoms with Crippen LogP contribution in [0.4, 0.5) is 0 Å². The van der Waals surface area contributed by atoms with Crippen molar-refractivity contribution in [1.29, 1.82) is 0 Å². The lowest BCUT2D eigenvalue weighted by Crippen LogP contribution is -2.27. The Bertz CT molecular complexity index is 536. The summed E-state index contributed by atoms with van der Waals surface area (Å²) in [5.41, 5.74) is 0.452. The molecule has 108 valence electrons. The summed E-state index contributed by atoms with van der Waals surface area (Å²) in [4.78, 5) is 18.1. The lowest BCUT2D eigenvalue weighted by atomic mass is 10.3. The van der Waals surface area contributed by atoms with E-state index < -0.39 is 16.0 Å². The minimum absolute atomic E-state index is 0.0165. The van der Waals surface area contributed by atoms with Crippen molar-refractivity contribution in [1.82, 2.24) is 4.89 Å². The van der Waals surface area contributed by atoms with Gasteiger partial charge in [0.1, 0.15) is 9.77 Å². The molecule has 0 aromatic carbocycles. The largest absolute Gasteiger partial charge is 0.465 e. The van der Waals surface area contributed by atoms with Crippen LogP contribution in [0.5, 0.6) is 0 Å². The average molecular weight is 309 g/mol. The maximum Gasteiger partial charge on any atom is 0.349 e. The zero-order chi connectivity index (χ0) is 14.5. The van der Waals surface area contributed by atoms with Gasteiger partial charge in [-0.25, -0.2) is 13.2 Å². The Labute approximate surface area is 115 Å². The van der Waals surface area contributed by atoms with E-state index >= 15 is 0 Å². The summed E-state index contributed by atoms with van der Waals surface area (Å²) >= 11 is 1.01. The molecular weight excluding hydrogens is 294 g/mol. The molecular formula is C10H15NO6S2. The number of methoxy groups -OCH3 is 2. The number of nitrogens with one attached hydrogen (secondary N) is 1. The normalized spacial score (nSPS) is 11.5. The monoisotopic (exact) mass is 309 g/mol. The van der Waals surface area contributed by atoms with Crippen LogP contribution < -0.4 is 4.89 Å². The van der Waals surface area contributed by atoms with Gasteiger partial charge < -0.3 is 9.47 Å². The maximum absolute atomic E-state index is 12.0. The molecule has 0 radical (unpaired) electrons. The van der Waals surface area contributed by atoms with Crippen LogP contribution in [0.25, 0.3) is 0 Å². The molecule has 1 heterocycles. The number of thiophene rings is 1. The van der Waals surface area contributed by atoms with Gasteiger partial charge in [-0.3, -0.25) is 4.84 Å². The molecule has 1 rings (SSSR count). The zero-order valence-electron chi connectivity index (χ0n) is 10.8. The molecule has 0 fully saturated rings. The lowest BCUT2D eigenvalue weighted by molar-refractivity contribution is 0.0437. The summed E-state index contributed by atoms with van der Waals surface area (Å²) in [6, 6.07) is 0. The van der Waals surface area contributed by atoms with Crippen LogP contribution in [-0.4, -0.2) is 41.8 Å². The first kappa shape index (κ1) is 16.1. The summed E-state index contributed by atoms with van der Waals surface area (Å²) in [7, 11) is -1.27. The molecule has 1 aromatic rings.